The Morgan fingerprint density at radius 3 is 2.85 bits per heavy atom. The fourth-order valence-electron chi connectivity index (χ4n) is 2.08. The first-order chi connectivity index (χ1) is 9.75. The van der Waals surface area contributed by atoms with E-state index in [4.69, 9.17) is 16.3 Å². The zero-order valence-corrected chi connectivity index (χ0v) is 12.1. The van der Waals surface area contributed by atoms with Crippen molar-refractivity contribution in [2.45, 2.75) is 18.9 Å². The van der Waals surface area contributed by atoms with Gasteiger partial charge in [0.25, 0.3) is 0 Å². The molecule has 2 rings (SSSR count). The molecular formula is C14H20ClN3O2. The molecule has 1 aliphatic rings. The summed E-state index contributed by atoms with van der Waals surface area (Å²) in [6.07, 6.45) is 2.38. The first-order valence-electron chi connectivity index (χ1n) is 6.87. The number of urea groups is 1. The summed E-state index contributed by atoms with van der Waals surface area (Å²) in [5.41, 5.74) is 0.603. The normalized spacial score (nSPS) is 15.8. The van der Waals surface area contributed by atoms with Crippen LogP contribution < -0.4 is 16.0 Å². The van der Waals surface area contributed by atoms with E-state index in [0.717, 1.165) is 25.9 Å². The number of nitrogens with one attached hydrogen (secondary N) is 3. The molecule has 0 aliphatic carbocycles. The van der Waals surface area contributed by atoms with Crippen LogP contribution in [-0.2, 0) is 4.74 Å². The highest BCUT2D eigenvalue weighted by Crippen LogP contribution is 2.19. The molecule has 0 spiro atoms. The van der Waals surface area contributed by atoms with Crippen LogP contribution in [0.1, 0.15) is 12.8 Å². The molecule has 0 radical (unpaired) electrons. The summed E-state index contributed by atoms with van der Waals surface area (Å²) >= 11 is 5.96. The van der Waals surface area contributed by atoms with Crippen molar-refractivity contribution in [3.8, 4) is 0 Å². The maximum absolute atomic E-state index is 11.7. The van der Waals surface area contributed by atoms with Gasteiger partial charge in [-0.2, -0.15) is 0 Å². The second kappa shape index (κ2) is 8.09. The van der Waals surface area contributed by atoms with Gasteiger partial charge >= 0.3 is 6.03 Å². The zero-order chi connectivity index (χ0) is 14.2. The molecule has 1 fully saturated rings. The second-order valence-corrected chi connectivity index (χ2v) is 5.09. The lowest BCUT2D eigenvalue weighted by atomic mass is 10.1. The molecule has 6 heteroatoms. The molecule has 20 heavy (non-hydrogen) atoms. The highest BCUT2D eigenvalue weighted by atomic mass is 35.5. The lowest BCUT2D eigenvalue weighted by Gasteiger charge is -2.22. The van der Waals surface area contributed by atoms with Crippen molar-refractivity contribution < 1.29 is 9.53 Å². The van der Waals surface area contributed by atoms with Crippen molar-refractivity contribution in [3.63, 3.8) is 0 Å². The summed E-state index contributed by atoms with van der Waals surface area (Å²) in [6.45, 7) is 3.02. The van der Waals surface area contributed by atoms with Crippen LogP contribution in [0.3, 0.4) is 0 Å². The Hall–Kier alpha value is -1.30. The number of anilines is 1. The molecule has 1 aliphatic heterocycles. The van der Waals surface area contributed by atoms with E-state index in [-0.39, 0.29) is 6.03 Å². The maximum atomic E-state index is 11.7. The van der Waals surface area contributed by atoms with Crippen molar-refractivity contribution in [2.24, 2.45) is 0 Å². The van der Waals surface area contributed by atoms with Gasteiger partial charge in [-0.1, -0.05) is 23.7 Å². The van der Waals surface area contributed by atoms with E-state index in [1.807, 2.05) is 12.1 Å². The molecule has 0 atom stereocenters. The lowest BCUT2D eigenvalue weighted by molar-refractivity contribution is 0.0358. The van der Waals surface area contributed by atoms with Gasteiger partial charge in [-0.05, 0) is 38.1 Å². The molecule has 3 N–H and O–H groups in total. The Morgan fingerprint density at radius 2 is 2.10 bits per heavy atom. The Kier molecular flexibility index (Phi) is 6.11. The molecule has 1 aromatic carbocycles. The van der Waals surface area contributed by atoms with Gasteiger partial charge in [0.05, 0.1) is 23.4 Å². The summed E-state index contributed by atoms with van der Waals surface area (Å²) < 4.78 is 5.70. The van der Waals surface area contributed by atoms with Gasteiger partial charge in [-0.3, -0.25) is 0 Å². The standard InChI is InChI=1S/C14H20ClN3O2/c15-12-3-1-2-4-13(12)18-14(19)17-9-10-20-11-5-7-16-8-6-11/h1-4,11,16H,5-10H2,(H2,17,18,19). The number of hydrogen-bond donors (Lipinski definition) is 3. The largest absolute Gasteiger partial charge is 0.376 e. The van der Waals surface area contributed by atoms with Crippen LogP contribution >= 0.6 is 11.6 Å². The average Bonchev–Trinajstić information content (AvgIpc) is 2.47. The second-order valence-electron chi connectivity index (χ2n) is 4.68. The highest BCUT2D eigenvalue weighted by molar-refractivity contribution is 6.33. The van der Waals surface area contributed by atoms with Gasteiger partial charge in [-0.25, -0.2) is 4.79 Å². The van der Waals surface area contributed by atoms with E-state index >= 15 is 0 Å². The molecule has 1 saturated heterocycles. The van der Waals surface area contributed by atoms with E-state index in [1.54, 1.807) is 12.1 Å². The third-order valence-corrected chi connectivity index (χ3v) is 3.48. The Bertz CT molecular complexity index is 436. The molecule has 0 aromatic heterocycles. The van der Waals surface area contributed by atoms with Crippen LogP contribution in [0.2, 0.25) is 5.02 Å². The maximum Gasteiger partial charge on any atom is 0.319 e. The van der Waals surface area contributed by atoms with Gasteiger partial charge in [0.1, 0.15) is 0 Å². The van der Waals surface area contributed by atoms with Crippen LogP contribution in [0, 0.1) is 0 Å². The van der Waals surface area contributed by atoms with Crippen LogP contribution in [0.15, 0.2) is 24.3 Å². The summed E-state index contributed by atoms with van der Waals surface area (Å²) in [7, 11) is 0. The van der Waals surface area contributed by atoms with E-state index in [9.17, 15) is 4.79 Å². The molecule has 1 aromatic rings. The summed E-state index contributed by atoms with van der Waals surface area (Å²) in [5, 5.41) is 9.26. The first kappa shape index (κ1) is 15.1. The van der Waals surface area contributed by atoms with Crippen molar-refractivity contribution in [1.82, 2.24) is 10.6 Å². The van der Waals surface area contributed by atoms with Gasteiger partial charge in [-0.15, -0.1) is 0 Å². The smallest absolute Gasteiger partial charge is 0.319 e. The Morgan fingerprint density at radius 1 is 1.35 bits per heavy atom. The van der Waals surface area contributed by atoms with Crippen molar-refractivity contribution in [1.29, 1.82) is 0 Å². The number of carbonyl (C=O) groups is 1. The SMILES string of the molecule is O=C(NCCOC1CCNCC1)Nc1ccccc1Cl. The first-order valence-corrected chi connectivity index (χ1v) is 7.25. The number of carbonyl (C=O) groups excluding carboxylic acids is 1. The molecule has 5 nitrogen and oxygen atoms in total. The Labute approximate surface area is 124 Å². The van der Waals surface area contributed by atoms with Gasteiger partial charge < -0.3 is 20.7 Å². The molecule has 2 amide bonds. The topological polar surface area (TPSA) is 62.4 Å². The predicted molar refractivity (Wildman–Crippen MR) is 80.3 cm³/mol. The predicted octanol–water partition coefficient (Wildman–Crippen LogP) is 2.23. The third-order valence-electron chi connectivity index (χ3n) is 3.15. The molecule has 0 saturated carbocycles. The van der Waals surface area contributed by atoms with Gasteiger partial charge in [0, 0.05) is 6.54 Å². The fraction of sp³-hybridized carbons (Fsp3) is 0.500. The minimum Gasteiger partial charge on any atom is -0.376 e. The van der Waals surface area contributed by atoms with E-state index < -0.39 is 0 Å². The fourth-order valence-corrected chi connectivity index (χ4v) is 2.26. The van der Waals surface area contributed by atoms with Crippen molar-refractivity contribution in [3.05, 3.63) is 29.3 Å². The molecule has 1 heterocycles. The van der Waals surface area contributed by atoms with Crippen LogP contribution in [-0.4, -0.2) is 38.4 Å². The highest BCUT2D eigenvalue weighted by Gasteiger charge is 2.12. The molecule has 0 unspecified atom stereocenters. The van der Waals surface area contributed by atoms with Crippen molar-refractivity contribution >= 4 is 23.3 Å². The zero-order valence-electron chi connectivity index (χ0n) is 11.3. The summed E-state index contributed by atoms with van der Waals surface area (Å²) in [6, 6.07) is 6.86. The van der Waals surface area contributed by atoms with E-state index in [0.29, 0.717) is 30.0 Å². The summed E-state index contributed by atoms with van der Waals surface area (Å²) in [4.78, 5) is 11.7. The third kappa shape index (κ3) is 5.00. The van der Waals surface area contributed by atoms with Gasteiger partial charge in [0.2, 0.25) is 0 Å². The number of amides is 2. The van der Waals surface area contributed by atoms with Crippen LogP contribution in [0.5, 0.6) is 0 Å². The molecule has 110 valence electrons. The summed E-state index contributed by atoms with van der Waals surface area (Å²) in [5.74, 6) is 0. The molecular weight excluding hydrogens is 278 g/mol. The quantitative estimate of drug-likeness (QED) is 0.730. The minimum atomic E-state index is -0.271. The number of ether oxygens (including phenoxy) is 1. The minimum absolute atomic E-state index is 0.271. The number of hydrogen-bond acceptors (Lipinski definition) is 3. The number of piperidine rings is 1. The molecule has 0 bridgehead atoms. The monoisotopic (exact) mass is 297 g/mol. The van der Waals surface area contributed by atoms with E-state index in [1.165, 1.54) is 0 Å². The Balaban J connectivity index is 1.61. The van der Waals surface area contributed by atoms with Crippen LogP contribution in [0.4, 0.5) is 10.5 Å². The lowest BCUT2D eigenvalue weighted by Crippen LogP contribution is -2.36. The van der Waals surface area contributed by atoms with E-state index in [2.05, 4.69) is 16.0 Å². The number of rotatable bonds is 5. The average molecular weight is 298 g/mol. The van der Waals surface area contributed by atoms with Crippen molar-refractivity contribution in [2.75, 3.05) is 31.6 Å². The van der Waals surface area contributed by atoms with Gasteiger partial charge in [0.15, 0.2) is 0 Å². The number of benzene rings is 1. The number of halogens is 1. The number of para-hydroxylation sites is 1. The van der Waals surface area contributed by atoms with Crippen LogP contribution in [0.25, 0.3) is 0 Å².